The average Bonchev–Trinajstić information content (AvgIpc) is 3.33. The highest BCUT2D eigenvalue weighted by molar-refractivity contribution is 5.96. The van der Waals surface area contributed by atoms with Crippen LogP contribution in [0.3, 0.4) is 0 Å². The molecule has 1 fully saturated rings. The summed E-state index contributed by atoms with van der Waals surface area (Å²) in [7, 11) is 0. The van der Waals surface area contributed by atoms with Crippen molar-refractivity contribution >= 4 is 28.6 Å². The number of fused-ring (bicyclic) bond motifs is 1. The Kier molecular flexibility index (Phi) is 6.58. The van der Waals surface area contributed by atoms with Crippen molar-refractivity contribution in [1.82, 2.24) is 9.55 Å². The van der Waals surface area contributed by atoms with Gasteiger partial charge in [-0.05, 0) is 56.5 Å². The van der Waals surface area contributed by atoms with Gasteiger partial charge in [0.05, 0.1) is 17.1 Å². The van der Waals surface area contributed by atoms with Gasteiger partial charge in [-0.1, -0.05) is 37.6 Å². The topological polar surface area (TPSA) is 64.4 Å². The summed E-state index contributed by atoms with van der Waals surface area (Å²) in [4.78, 5) is 32.0. The number of aryl methyl sites for hydroxylation is 1. The molecule has 0 radical (unpaired) electrons. The molecule has 1 aliphatic heterocycles. The van der Waals surface area contributed by atoms with E-state index in [1.807, 2.05) is 59.7 Å². The molecule has 1 saturated heterocycles. The summed E-state index contributed by atoms with van der Waals surface area (Å²) >= 11 is 0. The predicted octanol–water partition coefficient (Wildman–Crippen LogP) is 4.85. The number of anilines is 1. The second-order valence-electron chi connectivity index (χ2n) is 8.76. The van der Waals surface area contributed by atoms with E-state index in [1.54, 1.807) is 0 Å². The number of hydrogen-bond acceptors (Lipinski definition) is 4. The van der Waals surface area contributed by atoms with E-state index < -0.39 is 0 Å². The molecule has 168 valence electrons. The van der Waals surface area contributed by atoms with Gasteiger partial charge < -0.3 is 14.2 Å². The van der Waals surface area contributed by atoms with Crippen LogP contribution in [-0.4, -0.2) is 34.1 Å². The van der Waals surface area contributed by atoms with Crippen molar-refractivity contribution in [3.8, 4) is 0 Å². The lowest BCUT2D eigenvalue weighted by atomic mass is 10.1. The lowest BCUT2D eigenvalue weighted by Gasteiger charge is -2.18. The molecule has 1 aromatic heterocycles. The molecule has 4 rings (SSSR count). The van der Waals surface area contributed by atoms with E-state index in [2.05, 4.69) is 19.1 Å². The molecular weight excluding hydrogens is 402 g/mol. The van der Waals surface area contributed by atoms with Crippen LogP contribution >= 0.6 is 0 Å². The zero-order valence-corrected chi connectivity index (χ0v) is 19.1. The van der Waals surface area contributed by atoms with Crippen LogP contribution < -0.4 is 4.90 Å². The first-order valence-electron chi connectivity index (χ1n) is 11.5. The molecule has 6 heteroatoms. The van der Waals surface area contributed by atoms with Gasteiger partial charge in [0, 0.05) is 24.6 Å². The van der Waals surface area contributed by atoms with Crippen molar-refractivity contribution in [2.75, 3.05) is 11.4 Å². The van der Waals surface area contributed by atoms with Gasteiger partial charge >= 0.3 is 5.97 Å². The Morgan fingerprint density at radius 2 is 1.91 bits per heavy atom. The number of benzene rings is 2. The fraction of sp³-hybridized carbons (Fsp3) is 0.423. The number of amides is 1. The SMILES string of the molecule is CCCCc1ccc(N2CC(c3nc4ccccc4n3CC(=O)OC(C)C)CC2=O)cc1. The van der Waals surface area contributed by atoms with Gasteiger partial charge in [0.1, 0.15) is 12.4 Å². The molecule has 3 aromatic rings. The highest BCUT2D eigenvalue weighted by atomic mass is 16.5. The van der Waals surface area contributed by atoms with Gasteiger partial charge in [-0.2, -0.15) is 0 Å². The molecule has 32 heavy (non-hydrogen) atoms. The fourth-order valence-corrected chi connectivity index (χ4v) is 4.35. The Morgan fingerprint density at radius 3 is 2.62 bits per heavy atom. The molecule has 1 aliphatic rings. The molecule has 1 atom stereocenters. The van der Waals surface area contributed by atoms with E-state index in [-0.39, 0.29) is 30.4 Å². The quantitative estimate of drug-likeness (QED) is 0.476. The number of rotatable bonds is 8. The molecule has 0 spiro atoms. The van der Waals surface area contributed by atoms with Crippen molar-refractivity contribution in [2.24, 2.45) is 0 Å². The molecular formula is C26H31N3O3. The number of nitrogens with zero attached hydrogens (tertiary/aromatic N) is 3. The molecule has 6 nitrogen and oxygen atoms in total. The molecule has 1 amide bonds. The standard InChI is InChI=1S/C26H31N3O3/c1-4-5-8-19-11-13-21(14-12-19)28-16-20(15-24(28)30)26-27-22-9-6-7-10-23(22)29(26)17-25(31)32-18(2)3/h6-7,9-14,18,20H,4-5,8,15-17H2,1-3H3. The third-order valence-electron chi connectivity index (χ3n) is 5.90. The van der Waals surface area contributed by atoms with E-state index in [9.17, 15) is 9.59 Å². The largest absolute Gasteiger partial charge is 0.462 e. The van der Waals surface area contributed by atoms with Crippen molar-refractivity contribution in [3.05, 3.63) is 59.9 Å². The minimum absolute atomic E-state index is 0.0819. The van der Waals surface area contributed by atoms with Crippen LogP contribution in [0.2, 0.25) is 0 Å². The van der Waals surface area contributed by atoms with Crippen LogP contribution in [0.5, 0.6) is 0 Å². The summed E-state index contributed by atoms with van der Waals surface area (Å²) in [5.74, 6) is 0.469. The zero-order valence-electron chi connectivity index (χ0n) is 19.1. The predicted molar refractivity (Wildman–Crippen MR) is 126 cm³/mol. The van der Waals surface area contributed by atoms with Crippen molar-refractivity contribution < 1.29 is 14.3 Å². The molecule has 0 bridgehead atoms. The first kappa shape index (κ1) is 22.1. The highest BCUT2D eigenvalue weighted by Crippen LogP contribution is 2.33. The van der Waals surface area contributed by atoms with E-state index in [0.29, 0.717) is 13.0 Å². The minimum Gasteiger partial charge on any atom is -0.462 e. The van der Waals surface area contributed by atoms with Crippen LogP contribution in [-0.2, 0) is 27.3 Å². The smallest absolute Gasteiger partial charge is 0.326 e. The van der Waals surface area contributed by atoms with Crippen LogP contribution in [0.25, 0.3) is 11.0 Å². The van der Waals surface area contributed by atoms with Gasteiger partial charge in [-0.3, -0.25) is 9.59 Å². The van der Waals surface area contributed by atoms with Crippen LogP contribution in [0, 0.1) is 0 Å². The first-order chi connectivity index (χ1) is 15.5. The van der Waals surface area contributed by atoms with Crippen molar-refractivity contribution in [3.63, 3.8) is 0 Å². The number of esters is 1. The normalized spacial score (nSPS) is 16.3. The maximum Gasteiger partial charge on any atom is 0.326 e. The summed E-state index contributed by atoms with van der Waals surface area (Å²) < 4.78 is 7.29. The Labute approximate surface area is 189 Å². The highest BCUT2D eigenvalue weighted by Gasteiger charge is 2.35. The van der Waals surface area contributed by atoms with Crippen LogP contribution in [0.4, 0.5) is 5.69 Å². The van der Waals surface area contributed by atoms with Crippen molar-refractivity contribution in [2.45, 2.75) is 65.0 Å². The second kappa shape index (κ2) is 9.55. The molecule has 0 aliphatic carbocycles. The summed E-state index contributed by atoms with van der Waals surface area (Å²) in [6, 6.07) is 16.1. The number of para-hydroxylation sites is 2. The first-order valence-corrected chi connectivity index (χ1v) is 11.5. The van der Waals surface area contributed by atoms with Gasteiger partial charge in [0.2, 0.25) is 5.91 Å². The number of aromatic nitrogens is 2. The summed E-state index contributed by atoms with van der Waals surface area (Å²) in [6.45, 7) is 6.51. The maximum atomic E-state index is 12.9. The van der Waals surface area contributed by atoms with E-state index >= 15 is 0 Å². The third-order valence-corrected chi connectivity index (χ3v) is 5.90. The monoisotopic (exact) mass is 433 g/mol. The lowest BCUT2D eigenvalue weighted by Crippen LogP contribution is -2.25. The summed E-state index contributed by atoms with van der Waals surface area (Å²) in [5, 5.41) is 0. The molecule has 2 aromatic carbocycles. The van der Waals surface area contributed by atoms with Gasteiger partial charge in [-0.25, -0.2) is 4.98 Å². The van der Waals surface area contributed by atoms with Crippen LogP contribution in [0.15, 0.2) is 48.5 Å². The number of carbonyl (C=O) groups is 2. The van der Waals surface area contributed by atoms with Crippen molar-refractivity contribution in [1.29, 1.82) is 0 Å². The second-order valence-corrected chi connectivity index (χ2v) is 8.76. The lowest BCUT2D eigenvalue weighted by molar-refractivity contribution is -0.148. The molecule has 0 N–H and O–H groups in total. The summed E-state index contributed by atoms with van der Waals surface area (Å²) in [5.41, 5.74) is 3.92. The molecule has 1 unspecified atom stereocenters. The number of imidazole rings is 1. The fourth-order valence-electron chi connectivity index (χ4n) is 4.35. The third kappa shape index (κ3) is 4.69. The Hall–Kier alpha value is -3.15. The number of unbranched alkanes of at least 4 members (excludes halogenated alkanes) is 1. The summed E-state index contributed by atoms with van der Waals surface area (Å²) in [6.07, 6.45) is 3.59. The van der Waals surface area contributed by atoms with Gasteiger partial charge in [0.15, 0.2) is 0 Å². The number of carbonyl (C=O) groups excluding carboxylic acids is 2. The molecule has 0 saturated carbocycles. The zero-order chi connectivity index (χ0) is 22.7. The number of ether oxygens (including phenoxy) is 1. The Bertz CT molecular complexity index is 1100. The van der Waals surface area contributed by atoms with Gasteiger partial charge in [0.25, 0.3) is 0 Å². The maximum absolute atomic E-state index is 12.9. The van der Waals surface area contributed by atoms with E-state index in [1.165, 1.54) is 18.4 Å². The molecule has 2 heterocycles. The van der Waals surface area contributed by atoms with E-state index in [0.717, 1.165) is 29.0 Å². The Morgan fingerprint density at radius 1 is 1.16 bits per heavy atom. The van der Waals surface area contributed by atoms with Gasteiger partial charge in [-0.15, -0.1) is 0 Å². The van der Waals surface area contributed by atoms with E-state index in [4.69, 9.17) is 9.72 Å². The number of hydrogen-bond donors (Lipinski definition) is 0. The Balaban J connectivity index is 1.59. The average molecular weight is 434 g/mol. The van der Waals surface area contributed by atoms with Crippen LogP contribution in [0.1, 0.15) is 57.3 Å². The minimum atomic E-state index is -0.298.